The van der Waals surface area contributed by atoms with Gasteiger partial charge < -0.3 is 15.1 Å². The van der Waals surface area contributed by atoms with Crippen LogP contribution in [-0.4, -0.2) is 51.2 Å². The van der Waals surface area contributed by atoms with Crippen molar-refractivity contribution in [3.8, 4) is 0 Å². The summed E-state index contributed by atoms with van der Waals surface area (Å²) in [6, 6.07) is 12.9. The van der Waals surface area contributed by atoms with Gasteiger partial charge in [-0.2, -0.15) is 8.42 Å². The molecular formula is C20H21FN4O3S. The lowest BCUT2D eigenvalue weighted by atomic mass is 10.2. The molecule has 29 heavy (non-hydrogen) atoms. The third-order valence-corrected chi connectivity index (χ3v) is 6.45. The van der Waals surface area contributed by atoms with Crippen LogP contribution in [0, 0.1) is 5.82 Å². The zero-order valence-electron chi connectivity index (χ0n) is 15.7. The molecule has 0 radical (unpaired) electrons. The number of piperazine rings is 1. The maximum atomic E-state index is 13.1. The van der Waals surface area contributed by atoms with Crippen molar-refractivity contribution < 1.29 is 17.6 Å². The molecule has 0 aliphatic carbocycles. The van der Waals surface area contributed by atoms with E-state index in [2.05, 4.69) is 14.6 Å². The Morgan fingerprint density at radius 3 is 2.45 bits per heavy atom. The number of nitrogens with one attached hydrogen (secondary N) is 1. The summed E-state index contributed by atoms with van der Waals surface area (Å²) in [5.41, 5.74) is 1.42. The number of amides is 1. The predicted octanol–water partition coefficient (Wildman–Crippen LogP) is 2.47. The first kappa shape index (κ1) is 19.4. The first-order chi connectivity index (χ1) is 13.9. The summed E-state index contributed by atoms with van der Waals surface area (Å²) in [4.78, 5) is 16.6. The van der Waals surface area contributed by atoms with Crippen molar-refractivity contribution in [2.75, 3.05) is 36.4 Å². The second kappa shape index (κ2) is 7.82. The van der Waals surface area contributed by atoms with Crippen LogP contribution in [0.3, 0.4) is 0 Å². The van der Waals surface area contributed by atoms with Crippen molar-refractivity contribution in [3.05, 3.63) is 54.3 Å². The van der Waals surface area contributed by atoms with Gasteiger partial charge in [0.05, 0.1) is 5.69 Å². The van der Waals surface area contributed by atoms with Gasteiger partial charge in [-0.05, 0) is 36.4 Å². The van der Waals surface area contributed by atoms with Gasteiger partial charge in [-0.25, -0.2) is 4.39 Å². The Morgan fingerprint density at radius 1 is 1.03 bits per heavy atom. The average Bonchev–Trinajstić information content (AvgIpc) is 2.72. The Balaban J connectivity index is 1.32. The summed E-state index contributed by atoms with van der Waals surface area (Å²) in [7, 11) is -3.74. The van der Waals surface area contributed by atoms with E-state index in [0.29, 0.717) is 31.9 Å². The number of carbonyl (C=O) groups excluding carboxylic acids is 1. The second-order valence-corrected chi connectivity index (χ2v) is 8.55. The van der Waals surface area contributed by atoms with Gasteiger partial charge in [-0.15, -0.1) is 4.40 Å². The fourth-order valence-corrected chi connectivity index (χ4v) is 4.70. The summed E-state index contributed by atoms with van der Waals surface area (Å²) >= 11 is 0. The number of carbonyl (C=O) groups is 1. The van der Waals surface area contributed by atoms with Crippen LogP contribution in [0.1, 0.15) is 12.8 Å². The summed E-state index contributed by atoms with van der Waals surface area (Å²) in [5.74, 6) is -0.0297. The molecule has 2 aliphatic rings. The molecule has 4 rings (SSSR count). The zero-order chi connectivity index (χ0) is 20.4. The lowest BCUT2D eigenvalue weighted by Crippen LogP contribution is -2.48. The van der Waals surface area contributed by atoms with E-state index >= 15 is 0 Å². The van der Waals surface area contributed by atoms with Gasteiger partial charge in [-0.1, -0.05) is 12.1 Å². The summed E-state index contributed by atoms with van der Waals surface area (Å²) < 4.78 is 41.4. The zero-order valence-corrected chi connectivity index (χ0v) is 16.5. The van der Waals surface area contributed by atoms with Gasteiger partial charge in [0, 0.05) is 44.7 Å². The maximum absolute atomic E-state index is 13.1. The van der Waals surface area contributed by atoms with Crippen LogP contribution in [0.25, 0.3) is 0 Å². The quantitative estimate of drug-likeness (QED) is 0.828. The molecule has 2 heterocycles. The number of anilines is 2. The van der Waals surface area contributed by atoms with Crippen LogP contribution in [0.5, 0.6) is 0 Å². The molecule has 0 aromatic heterocycles. The van der Waals surface area contributed by atoms with Crippen LogP contribution in [0.2, 0.25) is 0 Å². The molecule has 0 saturated carbocycles. The van der Waals surface area contributed by atoms with E-state index in [9.17, 15) is 17.6 Å². The third kappa shape index (κ3) is 4.24. The number of benzene rings is 2. The molecule has 2 aromatic rings. The lowest BCUT2D eigenvalue weighted by Gasteiger charge is -2.36. The molecular weight excluding hydrogens is 395 g/mol. The van der Waals surface area contributed by atoms with Crippen molar-refractivity contribution in [1.82, 2.24) is 4.90 Å². The smallest absolute Gasteiger partial charge is 0.286 e. The SMILES string of the molecule is O=C(CCC1=NS(=O)(=O)c2ccccc2N1)N1CCN(c2ccc(F)cc2)CC1. The Labute approximate surface area is 168 Å². The highest BCUT2D eigenvalue weighted by molar-refractivity contribution is 7.90. The summed E-state index contributed by atoms with van der Waals surface area (Å²) in [5, 5.41) is 3.01. The number of hydrogen-bond acceptors (Lipinski definition) is 5. The standard InChI is InChI=1S/C20H21FN4O3S/c21-15-5-7-16(8-6-15)24-11-13-25(14-12-24)20(26)10-9-19-22-17-3-1-2-4-18(17)29(27,28)23-19/h1-8H,9-14H2,(H,22,23). The number of para-hydroxylation sites is 1. The molecule has 2 aliphatic heterocycles. The molecule has 152 valence electrons. The highest BCUT2D eigenvalue weighted by Crippen LogP contribution is 2.27. The molecule has 1 saturated heterocycles. The van der Waals surface area contributed by atoms with Crippen LogP contribution >= 0.6 is 0 Å². The minimum Gasteiger partial charge on any atom is -0.368 e. The maximum Gasteiger partial charge on any atom is 0.286 e. The fraction of sp³-hybridized carbons (Fsp3) is 0.300. The summed E-state index contributed by atoms with van der Waals surface area (Å²) in [6.45, 7) is 2.46. The van der Waals surface area contributed by atoms with Crippen molar-refractivity contribution in [3.63, 3.8) is 0 Å². The topological polar surface area (TPSA) is 82.1 Å². The molecule has 0 spiro atoms. The van der Waals surface area contributed by atoms with Crippen LogP contribution < -0.4 is 10.2 Å². The van der Waals surface area contributed by atoms with Crippen molar-refractivity contribution in [2.45, 2.75) is 17.7 Å². The van der Waals surface area contributed by atoms with E-state index in [-0.39, 0.29) is 35.3 Å². The number of fused-ring (bicyclic) bond motifs is 1. The molecule has 0 atom stereocenters. The van der Waals surface area contributed by atoms with E-state index in [1.807, 2.05) is 0 Å². The van der Waals surface area contributed by atoms with E-state index in [1.54, 1.807) is 35.2 Å². The molecule has 9 heteroatoms. The molecule has 7 nitrogen and oxygen atoms in total. The van der Waals surface area contributed by atoms with Crippen molar-refractivity contribution >= 4 is 33.1 Å². The van der Waals surface area contributed by atoms with E-state index in [1.165, 1.54) is 18.2 Å². The highest BCUT2D eigenvalue weighted by atomic mass is 32.2. The van der Waals surface area contributed by atoms with E-state index < -0.39 is 10.0 Å². The Kier molecular flexibility index (Phi) is 5.23. The van der Waals surface area contributed by atoms with E-state index in [0.717, 1.165) is 5.69 Å². The van der Waals surface area contributed by atoms with Gasteiger partial charge in [0.25, 0.3) is 10.0 Å². The van der Waals surface area contributed by atoms with Gasteiger partial charge in [-0.3, -0.25) is 4.79 Å². The first-order valence-corrected chi connectivity index (χ1v) is 10.8. The minimum absolute atomic E-state index is 0.0375. The number of nitrogens with zero attached hydrogens (tertiary/aromatic N) is 3. The normalized spacial score (nSPS) is 17.9. The molecule has 0 unspecified atom stereocenters. The number of amidine groups is 1. The summed E-state index contributed by atoms with van der Waals surface area (Å²) in [6.07, 6.45) is 0.407. The number of hydrogen-bond donors (Lipinski definition) is 1. The first-order valence-electron chi connectivity index (χ1n) is 9.40. The third-order valence-electron chi connectivity index (χ3n) is 5.07. The fourth-order valence-electron chi connectivity index (χ4n) is 3.52. The van der Waals surface area contributed by atoms with Crippen molar-refractivity contribution in [2.24, 2.45) is 4.40 Å². The van der Waals surface area contributed by atoms with Crippen molar-refractivity contribution in [1.29, 1.82) is 0 Å². The largest absolute Gasteiger partial charge is 0.368 e. The Bertz CT molecular complexity index is 1050. The van der Waals surface area contributed by atoms with Gasteiger partial charge in [0.2, 0.25) is 5.91 Å². The Hall–Kier alpha value is -2.94. The molecule has 1 N–H and O–H groups in total. The number of rotatable bonds is 4. The highest BCUT2D eigenvalue weighted by Gasteiger charge is 2.26. The van der Waals surface area contributed by atoms with Gasteiger partial charge in [0.1, 0.15) is 16.5 Å². The number of halogens is 1. The minimum atomic E-state index is -3.74. The molecule has 1 fully saturated rings. The lowest BCUT2D eigenvalue weighted by molar-refractivity contribution is -0.131. The second-order valence-electron chi connectivity index (χ2n) is 6.98. The van der Waals surface area contributed by atoms with E-state index in [4.69, 9.17) is 0 Å². The predicted molar refractivity (Wildman–Crippen MR) is 109 cm³/mol. The Morgan fingerprint density at radius 2 is 1.72 bits per heavy atom. The molecule has 1 amide bonds. The monoisotopic (exact) mass is 416 g/mol. The van der Waals surface area contributed by atoms with Gasteiger partial charge in [0.15, 0.2) is 0 Å². The molecule has 2 aromatic carbocycles. The van der Waals surface area contributed by atoms with Gasteiger partial charge >= 0.3 is 0 Å². The van der Waals surface area contributed by atoms with Crippen LogP contribution in [-0.2, 0) is 14.8 Å². The average molecular weight is 416 g/mol. The number of sulfonamides is 1. The molecule has 0 bridgehead atoms. The van der Waals surface area contributed by atoms with Crippen LogP contribution in [0.15, 0.2) is 57.8 Å². The van der Waals surface area contributed by atoms with Crippen LogP contribution in [0.4, 0.5) is 15.8 Å².